The van der Waals surface area contributed by atoms with Crippen LogP contribution in [0, 0.1) is 11.8 Å². The van der Waals surface area contributed by atoms with Crippen LogP contribution < -0.4 is 0 Å². The molecule has 0 aromatic heterocycles. The third-order valence-electron chi connectivity index (χ3n) is 3.53. The Kier molecular flexibility index (Phi) is 4.84. The molecule has 1 fully saturated rings. The second kappa shape index (κ2) is 6.39. The van der Waals surface area contributed by atoms with E-state index in [2.05, 4.69) is 51.1 Å². The molecule has 0 amide bonds. The van der Waals surface area contributed by atoms with E-state index in [9.17, 15) is 0 Å². The summed E-state index contributed by atoms with van der Waals surface area (Å²) in [5.41, 5.74) is 1.36. The first kappa shape index (κ1) is 13.6. The molecule has 2 nitrogen and oxygen atoms in total. The maximum atomic E-state index is 5.96. The Morgan fingerprint density at radius 3 is 2.61 bits per heavy atom. The van der Waals surface area contributed by atoms with Gasteiger partial charge < -0.3 is 9.31 Å². The van der Waals surface area contributed by atoms with E-state index >= 15 is 0 Å². The summed E-state index contributed by atoms with van der Waals surface area (Å²) in [6.45, 7) is 7.39. The van der Waals surface area contributed by atoms with Crippen LogP contribution in [0.1, 0.15) is 26.3 Å². The van der Waals surface area contributed by atoms with Crippen LogP contribution in [0.3, 0.4) is 0 Å². The topological polar surface area (TPSA) is 18.5 Å². The lowest BCUT2D eigenvalue weighted by molar-refractivity contribution is 0.0217. The zero-order valence-corrected chi connectivity index (χ0v) is 11.6. The molecule has 0 spiro atoms. The van der Waals surface area contributed by atoms with Gasteiger partial charge in [-0.3, -0.25) is 0 Å². The van der Waals surface area contributed by atoms with Gasteiger partial charge in [0.05, 0.1) is 0 Å². The highest BCUT2D eigenvalue weighted by molar-refractivity contribution is 6.44. The smallest absolute Gasteiger partial charge is 0.411 e. The summed E-state index contributed by atoms with van der Waals surface area (Å²) < 4.78 is 11.8. The molecule has 18 heavy (non-hydrogen) atoms. The minimum Gasteiger partial charge on any atom is -0.411 e. The van der Waals surface area contributed by atoms with Gasteiger partial charge in [-0.1, -0.05) is 44.2 Å². The van der Waals surface area contributed by atoms with Crippen LogP contribution in [0.25, 0.3) is 0 Å². The summed E-state index contributed by atoms with van der Waals surface area (Å²) in [6, 6.07) is 10.6. The number of hydrogen-bond donors (Lipinski definition) is 0. The number of rotatable bonds is 4. The zero-order valence-electron chi connectivity index (χ0n) is 11.6. The van der Waals surface area contributed by atoms with E-state index < -0.39 is 0 Å². The van der Waals surface area contributed by atoms with Crippen LogP contribution in [-0.2, 0) is 15.7 Å². The van der Waals surface area contributed by atoms with Crippen LogP contribution in [0.5, 0.6) is 0 Å². The molecule has 0 aliphatic carbocycles. The van der Waals surface area contributed by atoms with Gasteiger partial charge in [0, 0.05) is 18.6 Å². The highest BCUT2D eigenvalue weighted by Gasteiger charge is 2.32. The maximum absolute atomic E-state index is 5.96. The van der Waals surface area contributed by atoms with E-state index in [0.29, 0.717) is 11.8 Å². The van der Waals surface area contributed by atoms with Crippen molar-refractivity contribution in [2.45, 2.75) is 39.6 Å². The number of benzene rings is 1. The van der Waals surface area contributed by atoms with Crippen molar-refractivity contribution in [2.75, 3.05) is 6.61 Å². The second-order valence-corrected chi connectivity index (χ2v) is 5.68. The molecule has 1 aromatic rings. The average molecular weight is 246 g/mol. The maximum Gasteiger partial charge on any atom is 0.457 e. The molecular weight excluding hydrogens is 223 g/mol. The quantitative estimate of drug-likeness (QED) is 0.758. The first-order valence-electron chi connectivity index (χ1n) is 6.96. The predicted molar refractivity (Wildman–Crippen MR) is 75.5 cm³/mol. The van der Waals surface area contributed by atoms with Gasteiger partial charge >= 0.3 is 7.12 Å². The summed E-state index contributed by atoms with van der Waals surface area (Å²) in [5.74, 6) is 1.09. The van der Waals surface area contributed by atoms with E-state index in [1.54, 1.807) is 0 Å². The molecule has 0 bridgehead atoms. The Bertz CT molecular complexity index is 353. The molecule has 2 atom stereocenters. The normalized spacial score (nSPS) is 24.6. The first-order chi connectivity index (χ1) is 8.65. The van der Waals surface area contributed by atoms with Crippen molar-refractivity contribution in [3.63, 3.8) is 0 Å². The van der Waals surface area contributed by atoms with Crippen LogP contribution in [0.2, 0.25) is 6.32 Å². The van der Waals surface area contributed by atoms with Gasteiger partial charge in [-0.25, -0.2) is 0 Å². The molecular formula is C15H23BO2. The van der Waals surface area contributed by atoms with Crippen molar-refractivity contribution in [3.8, 4) is 0 Å². The SMILES string of the molecule is CC(C)CB1OC[C@@H](Cc2ccccc2)[C@H](C)O1. The van der Waals surface area contributed by atoms with Crippen molar-refractivity contribution >= 4 is 7.12 Å². The Morgan fingerprint density at radius 2 is 2.00 bits per heavy atom. The van der Waals surface area contributed by atoms with Gasteiger partial charge in [-0.05, 0) is 31.1 Å². The molecule has 0 N–H and O–H groups in total. The fourth-order valence-electron chi connectivity index (χ4n) is 2.41. The highest BCUT2D eigenvalue weighted by atomic mass is 16.6. The zero-order chi connectivity index (χ0) is 13.0. The Hall–Kier alpha value is -0.795. The monoisotopic (exact) mass is 246 g/mol. The molecule has 3 heteroatoms. The molecule has 2 rings (SSSR count). The summed E-state index contributed by atoms with van der Waals surface area (Å²) in [7, 11) is -0.00739. The average Bonchev–Trinajstić information content (AvgIpc) is 2.33. The van der Waals surface area contributed by atoms with Gasteiger partial charge in [0.1, 0.15) is 0 Å². The lowest BCUT2D eigenvalue weighted by Gasteiger charge is -2.34. The van der Waals surface area contributed by atoms with Gasteiger partial charge in [0.15, 0.2) is 0 Å². The van der Waals surface area contributed by atoms with Gasteiger partial charge in [-0.15, -0.1) is 0 Å². The Balaban J connectivity index is 1.86. The molecule has 1 aliphatic rings. The minimum absolute atomic E-state index is 0.00739. The highest BCUT2D eigenvalue weighted by Crippen LogP contribution is 2.23. The molecule has 1 aliphatic heterocycles. The summed E-state index contributed by atoms with van der Waals surface area (Å²) in [6.07, 6.45) is 2.31. The molecule has 1 heterocycles. The standard InChI is InChI=1S/C15H23BO2/c1-12(2)10-16-17-11-15(13(3)18-16)9-14-7-5-4-6-8-14/h4-8,12-13,15H,9-11H2,1-3H3/t13-,15+/m0/s1. The minimum atomic E-state index is -0.00739. The molecule has 0 saturated carbocycles. The van der Waals surface area contributed by atoms with Crippen molar-refractivity contribution < 1.29 is 9.31 Å². The molecule has 0 radical (unpaired) electrons. The van der Waals surface area contributed by atoms with Crippen molar-refractivity contribution in [1.29, 1.82) is 0 Å². The summed E-state index contributed by atoms with van der Waals surface area (Å²) in [5, 5.41) is 0. The second-order valence-electron chi connectivity index (χ2n) is 5.68. The largest absolute Gasteiger partial charge is 0.457 e. The number of hydrogen-bond acceptors (Lipinski definition) is 2. The van der Waals surface area contributed by atoms with Gasteiger partial charge in [0.2, 0.25) is 0 Å². The van der Waals surface area contributed by atoms with Crippen LogP contribution in [0.15, 0.2) is 30.3 Å². The Morgan fingerprint density at radius 1 is 1.28 bits per heavy atom. The van der Waals surface area contributed by atoms with Crippen molar-refractivity contribution in [2.24, 2.45) is 11.8 Å². The lowest BCUT2D eigenvalue weighted by Crippen LogP contribution is -2.42. The van der Waals surface area contributed by atoms with Gasteiger partial charge in [-0.2, -0.15) is 0 Å². The lowest BCUT2D eigenvalue weighted by atomic mass is 9.76. The van der Waals surface area contributed by atoms with E-state index in [4.69, 9.17) is 9.31 Å². The molecule has 1 saturated heterocycles. The van der Waals surface area contributed by atoms with E-state index in [-0.39, 0.29) is 13.2 Å². The third-order valence-corrected chi connectivity index (χ3v) is 3.53. The van der Waals surface area contributed by atoms with E-state index in [0.717, 1.165) is 19.3 Å². The molecule has 1 aromatic carbocycles. The van der Waals surface area contributed by atoms with Crippen molar-refractivity contribution in [3.05, 3.63) is 35.9 Å². The fourth-order valence-corrected chi connectivity index (χ4v) is 2.41. The third kappa shape index (κ3) is 3.86. The van der Waals surface area contributed by atoms with Crippen LogP contribution in [0.4, 0.5) is 0 Å². The van der Waals surface area contributed by atoms with Gasteiger partial charge in [0.25, 0.3) is 0 Å². The van der Waals surface area contributed by atoms with Crippen LogP contribution in [-0.4, -0.2) is 19.8 Å². The van der Waals surface area contributed by atoms with E-state index in [1.807, 2.05) is 0 Å². The van der Waals surface area contributed by atoms with E-state index in [1.165, 1.54) is 5.56 Å². The summed E-state index contributed by atoms with van der Waals surface area (Å²) in [4.78, 5) is 0. The molecule has 0 unspecified atom stereocenters. The molecule has 98 valence electrons. The first-order valence-corrected chi connectivity index (χ1v) is 6.96. The Labute approximate surface area is 111 Å². The van der Waals surface area contributed by atoms with Crippen molar-refractivity contribution in [1.82, 2.24) is 0 Å². The fraction of sp³-hybridized carbons (Fsp3) is 0.600. The predicted octanol–water partition coefficient (Wildman–Crippen LogP) is 3.42. The summed E-state index contributed by atoms with van der Waals surface area (Å²) >= 11 is 0. The van der Waals surface area contributed by atoms with Crippen LogP contribution >= 0.6 is 0 Å².